The van der Waals surface area contributed by atoms with Crippen LogP contribution in [0.4, 0.5) is 5.69 Å². The average molecular weight is 228 g/mol. The summed E-state index contributed by atoms with van der Waals surface area (Å²) in [6, 6.07) is 5.60. The van der Waals surface area contributed by atoms with E-state index in [0.717, 1.165) is 22.8 Å². The van der Waals surface area contributed by atoms with Crippen LogP contribution in [0.15, 0.2) is 23.1 Å². The fourth-order valence-electron chi connectivity index (χ4n) is 1.35. The Labute approximate surface area is 92.0 Å². The molecule has 14 heavy (non-hydrogen) atoms. The van der Waals surface area contributed by atoms with Gasteiger partial charge in [0.2, 0.25) is 5.91 Å². The molecule has 4 heteroatoms. The first-order chi connectivity index (χ1) is 6.75. The van der Waals surface area contributed by atoms with Crippen molar-refractivity contribution in [2.45, 2.75) is 17.7 Å². The molecule has 0 atom stereocenters. The lowest BCUT2D eigenvalue weighted by Crippen LogP contribution is -2.13. The van der Waals surface area contributed by atoms with Gasteiger partial charge in [-0.05, 0) is 30.4 Å². The molecule has 0 aliphatic carbocycles. The Bertz CT molecular complexity index is 367. The van der Waals surface area contributed by atoms with Crippen LogP contribution in [-0.4, -0.2) is 11.7 Å². The lowest BCUT2D eigenvalue weighted by molar-refractivity contribution is -0.116. The lowest BCUT2D eigenvalue weighted by atomic mass is 10.2. The maximum Gasteiger partial charge on any atom is 0.224 e. The second-order valence-corrected chi connectivity index (χ2v) is 4.71. The molecular formula is C10H10ClNOS. The third-order valence-corrected chi connectivity index (χ3v) is 3.42. The molecule has 0 bridgehead atoms. The van der Waals surface area contributed by atoms with Gasteiger partial charge in [-0.3, -0.25) is 4.79 Å². The Morgan fingerprint density at radius 2 is 2.29 bits per heavy atom. The quantitative estimate of drug-likeness (QED) is 0.738. The van der Waals surface area contributed by atoms with Crippen molar-refractivity contribution in [3.8, 4) is 0 Å². The van der Waals surface area contributed by atoms with Crippen LogP contribution in [0.2, 0.25) is 5.02 Å². The summed E-state index contributed by atoms with van der Waals surface area (Å²) in [4.78, 5) is 12.4. The number of hydrogen-bond donors (Lipinski definition) is 1. The topological polar surface area (TPSA) is 29.1 Å². The maximum absolute atomic E-state index is 11.3. The van der Waals surface area contributed by atoms with Gasteiger partial charge in [0.25, 0.3) is 0 Å². The van der Waals surface area contributed by atoms with E-state index in [1.807, 2.05) is 12.1 Å². The molecule has 74 valence electrons. The van der Waals surface area contributed by atoms with Gasteiger partial charge >= 0.3 is 0 Å². The molecule has 1 heterocycles. The molecule has 1 aromatic carbocycles. The first kappa shape index (κ1) is 9.87. The molecule has 0 spiro atoms. The molecule has 0 aromatic heterocycles. The summed E-state index contributed by atoms with van der Waals surface area (Å²) >= 11 is 7.62. The van der Waals surface area contributed by atoms with Crippen molar-refractivity contribution in [3.05, 3.63) is 23.2 Å². The van der Waals surface area contributed by atoms with E-state index in [2.05, 4.69) is 5.32 Å². The highest BCUT2D eigenvalue weighted by molar-refractivity contribution is 7.99. The Morgan fingerprint density at radius 3 is 3.14 bits per heavy atom. The summed E-state index contributed by atoms with van der Waals surface area (Å²) in [5, 5.41) is 3.52. The highest BCUT2D eigenvalue weighted by Gasteiger charge is 2.11. The Balaban J connectivity index is 2.34. The molecule has 2 nitrogen and oxygen atoms in total. The molecule has 0 fully saturated rings. The smallest absolute Gasteiger partial charge is 0.224 e. The number of amides is 1. The standard InChI is InChI=1S/C10H10ClNOS/c11-7-3-4-9-8(6-7)12-10(13)2-1-5-14-9/h3-4,6H,1-2,5H2,(H,12,13). The fourth-order valence-corrected chi connectivity index (χ4v) is 2.46. The third kappa shape index (κ3) is 2.22. The molecule has 1 aromatic rings. The van der Waals surface area contributed by atoms with Crippen LogP contribution in [0.25, 0.3) is 0 Å². The third-order valence-electron chi connectivity index (χ3n) is 2.02. The van der Waals surface area contributed by atoms with Gasteiger partial charge in [-0.25, -0.2) is 0 Å². The minimum atomic E-state index is 0.0776. The van der Waals surface area contributed by atoms with Crippen molar-refractivity contribution in [1.82, 2.24) is 0 Å². The lowest BCUT2D eigenvalue weighted by Gasteiger charge is -2.14. The summed E-state index contributed by atoms with van der Waals surface area (Å²) in [6.45, 7) is 0. The predicted octanol–water partition coefficient (Wildman–Crippen LogP) is 3.16. The van der Waals surface area contributed by atoms with E-state index < -0.39 is 0 Å². The molecular weight excluding hydrogens is 218 g/mol. The first-order valence-corrected chi connectivity index (χ1v) is 5.84. The van der Waals surface area contributed by atoms with Gasteiger partial charge in [0.05, 0.1) is 5.69 Å². The summed E-state index contributed by atoms with van der Waals surface area (Å²) in [6.07, 6.45) is 1.53. The zero-order chi connectivity index (χ0) is 9.97. The number of rotatable bonds is 0. The minimum Gasteiger partial charge on any atom is -0.325 e. The number of carbonyl (C=O) groups excluding carboxylic acids is 1. The molecule has 1 N–H and O–H groups in total. The first-order valence-electron chi connectivity index (χ1n) is 4.48. The van der Waals surface area contributed by atoms with E-state index in [4.69, 9.17) is 11.6 Å². The second kappa shape index (κ2) is 4.24. The number of hydrogen-bond acceptors (Lipinski definition) is 2. The number of carbonyl (C=O) groups is 1. The van der Waals surface area contributed by atoms with Crippen molar-refractivity contribution in [3.63, 3.8) is 0 Å². The van der Waals surface area contributed by atoms with Crippen molar-refractivity contribution in [2.75, 3.05) is 11.1 Å². The van der Waals surface area contributed by atoms with Crippen molar-refractivity contribution < 1.29 is 4.79 Å². The highest BCUT2D eigenvalue weighted by Crippen LogP contribution is 2.32. The van der Waals surface area contributed by atoms with Gasteiger partial charge in [-0.2, -0.15) is 0 Å². The van der Waals surface area contributed by atoms with Gasteiger partial charge < -0.3 is 5.32 Å². The minimum absolute atomic E-state index is 0.0776. The van der Waals surface area contributed by atoms with Crippen LogP contribution < -0.4 is 5.32 Å². The normalized spacial score (nSPS) is 16.5. The number of halogens is 1. The fraction of sp³-hybridized carbons (Fsp3) is 0.300. The second-order valence-electron chi connectivity index (χ2n) is 3.14. The van der Waals surface area contributed by atoms with Crippen molar-refractivity contribution in [1.29, 1.82) is 0 Å². The largest absolute Gasteiger partial charge is 0.325 e. The van der Waals surface area contributed by atoms with Gasteiger partial charge in [-0.15, -0.1) is 11.8 Å². The van der Waals surface area contributed by atoms with Crippen LogP contribution in [0.3, 0.4) is 0 Å². The monoisotopic (exact) mass is 227 g/mol. The zero-order valence-corrected chi connectivity index (χ0v) is 9.12. The molecule has 1 aliphatic heterocycles. The average Bonchev–Trinajstić information content (AvgIpc) is 2.12. The molecule has 0 saturated carbocycles. The van der Waals surface area contributed by atoms with Crippen molar-refractivity contribution in [2.24, 2.45) is 0 Å². The van der Waals surface area contributed by atoms with E-state index in [9.17, 15) is 4.79 Å². The summed E-state index contributed by atoms with van der Waals surface area (Å²) in [5.41, 5.74) is 0.840. The van der Waals surface area contributed by atoms with Crippen LogP contribution in [0, 0.1) is 0 Å². The van der Waals surface area contributed by atoms with E-state index >= 15 is 0 Å². The van der Waals surface area contributed by atoms with E-state index in [1.54, 1.807) is 17.8 Å². The number of benzene rings is 1. The maximum atomic E-state index is 11.3. The molecule has 0 saturated heterocycles. The van der Waals surface area contributed by atoms with Gasteiger partial charge in [0.15, 0.2) is 0 Å². The Kier molecular flexibility index (Phi) is 2.99. The zero-order valence-electron chi connectivity index (χ0n) is 7.55. The van der Waals surface area contributed by atoms with Crippen LogP contribution in [0.1, 0.15) is 12.8 Å². The molecule has 0 unspecified atom stereocenters. The van der Waals surface area contributed by atoms with Crippen LogP contribution in [-0.2, 0) is 4.79 Å². The summed E-state index contributed by atoms with van der Waals surface area (Å²) < 4.78 is 0. The highest BCUT2D eigenvalue weighted by atomic mass is 35.5. The Morgan fingerprint density at radius 1 is 1.43 bits per heavy atom. The van der Waals surface area contributed by atoms with Crippen LogP contribution in [0.5, 0.6) is 0 Å². The SMILES string of the molecule is O=C1CCCSc2ccc(Cl)cc2N1. The number of fused-ring (bicyclic) bond motifs is 1. The number of anilines is 1. The molecule has 0 radical (unpaired) electrons. The molecule has 2 rings (SSSR count). The molecule has 1 aliphatic rings. The van der Waals surface area contributed by atoms with E-state index in [1.165, 1.54) is 0 Å². The summed E-state index contributed by atoms with van der Waals surface area (Å²) in [5.74, 6) is 1.07. The van der Waals surface area contributed by atoms with Gasteiger partial charge in [-0.1, -0.05) is 11.6 Å². The molecule has 1 amide bonds. The summed E-state index contributed by atoms with van der Waals surface area (Å²) in [7, 11) is 0. The number of thioether (sulfide) groups is 1. The predicted molar refractivity (Wildman–Crippen MR) is 60.0 cm³/mol. The van der Waals surface area contributed by atoms with Crippen LogP contribution >= 0.6 is 23.4 Å². The van der Waals surface area contributed by atoms with Crippen molar-refractivity contribution >= 4 is 35.0 Å². The van der Waals surface area contributed by atoms with Gasteiger partial charge in [0.1, 0.15) is 0 Å². The number of nitrogens with one attached hydrogen (secondary N) is 1. The van der Waals surface area contributed by atoms with Gasteiger partial charge in [0, 0.05) is 16.3 Å². The Hall–Kier alpha value is -0.670. The van der Waals surface area contributed by atoms with E-state index in [-0.39, 0.29) is 5.91 Å². The van der Waals surface area contributed by atoms with E-state index in [0.29, 0.717) is 11.4 Å².